The fraction of sp³-hybridized carbons (Fsp3) is 0.739. The first-order valence-corrected chi connectivity index (χ1v) is 12.1. The SMILES string of the molecule is CCCCCc1c(O[C@H]2O[C@H](CO)[C@@H](O)[C@H](O)[C@H]2O)c(O)cc(O)c1O[C@H]1O[C@H](CO)[C@@H](O)[C@H](O)[C@H]1O. The first-order valence-electron chi connectivity index (χ1n) is 12.1. The van der Waals surface area contributed by atoms with Gasteiger partial charge in [-0.25, -0.2) is 0 Å². The number of hydrogen-bond donors (Lipinski definition) is 10. The van der Waals surface area contributed by atoms with Gasteiger partial charge in [0.15, 0.2) is 23.0 Å². The minimum Gasteiger partial charge on any atom is -0.504 e. The number of aromatic hydroxyl groups is 2. The molecule has 2 aliphatic rings. The van der Waals surface area contributed by atoms with Crippen LogP contribution in [0.15, 0.2) is 6.07 Å². The van der Waals surface area contributed by atoms with Crippen LogP contribution < -0.4 is 9.47 Å². The van der Waals surface area contributed by atoms with Crippen LogP contribution in [0.2, 0.25) is 0 Å². The highest BCUT2D eigenvalue weighted by Gasteiger charge is 2.47. The molecular formula is C23H36O14. The molecule has 3 rings (SSSR count). The van der Waals surface area contributed by atoms with E-state index in [4.69, 9.17) is 18.9 Å². The van der Waals surface area contributed by atoms with Crippen molar-refractivity contribution in [1.82, 2.24) is 0 Å². The number of phenols is 2. The van der Waals surface area contributed by atoms with Gasteiger partial charge in [0.05, 0.1) is 13.2 Å². The monoisotopic (exact) mass is 536 g/mol. The van der Waals surface area contributed by atoms with E-state index in [-0.39, 0.29) is 23.5 Å². The highest BCUT2D eigenvalue weighted by molar-refractivity contribution is 5.60. The van der Waals surface area contributed by atoms with Crippen molar-refractivity contribution < 1.29 is 70.0 Å². The van der Waals surface area contributed by atoms with Crippen molar-refractivity contribution in [3.63, 3.8) is 0 Å². The van der Waals surface area contributed by atoms with E-state index in [1.807, 2.05) is 6.92 Å². The summed E-state index contributed by atoms with van der Waals surface area (Å²) in [5.41, 5.74) is 0.0554. The number of rotatable bonds is 10. The molecular weight excluding hydrogens is 500 g/mol. The van der Waals surface area contributed by atoms with Crippen LogP contribution in [0.4, 0.5) is 0 Å². The smallest absolute Gasteiger partial charge is 0.229 e. The van der Waals surface area contributed by atoms with Crippen LogP contribution in [0, 0.1) is 0 Å². The van der Waals surface area contributed by atoms with Crippen LogP contribution in [-0.4, -0.2) is 126 Å². The summed E-state index contributed by atoms with van der Waals surface area (Å²) in [6, 6.07) is 0.849. The zero-order valence-corrected chi connectivity index (χ0v) is 20.2. The van der Waals surface area contributed by atoms with Crippen molar-refractivity contribution in [2.75, 3.05) is 13.2 Å². The summed E-state index contributed by atoms with van der Waals surface area (Å²) in [5, 5.41) is 101. The summed E-state index contributed by atoms with van der Waals surface area (Å²) in [4.78, 5) is 0. The van der Waals surface area contributed by atoms with E-state index in [1.165, 1.54) is 0 Å². The van der Waals surface area contributed by atoms with Crippen LogP contribution in [-0.2, 0) is 15.9 Å². The quantitative estimate of drug-likeness (QED) is 0.136. The van der Waals surface area contributed by atoms with Gasteiger partial charge < -0.3 is 70.0 Å². The van der Waals surface area contributed by atoms with Gasteiger partial charge in [0.25, 0.3) is 0 Å². The Morgan fingerprint density at radius 1 is 0.676 bits per heavy atom. The predicted octanol–water partition coefficient (Wildman–Crippen LogP) is -2.81. The lowest BCUT2D eigenvalue weighted by atomic mass is 9.98. The molecule has 2 heterocycles. The molecule has 14 nitrogen and oxygen atoms in total. The average Bonchev–Trinajstić information content (AvgIpc) is 2.88. The van der Waals surface area contributed by atoms with Crippen LogP contribution in [0.3, 0.4) is 0 Å². The minimum absolute atomic E-state index is 0.0554. The molecule has 0 aliphatic carbocycles. The fourth-order valence-corrected chi connectivity index (χ4v) is 4.28. The highest BCUT2D eigenvalue weighted by atomic mass is 16.7. The summed E-state index contributed by atoms with van der Waals surface area (Å²) in [7, 11) is 0. The number of ether oxygens (including phenoxy) is 4. The molecule has 0 spiro atoms. The lowest BCUT2D eigenvalue weighted by Crippen LogP contribution is -2.60. The molecule has 2 saturated heterocycles. The second-order valence-electron chi connectivity index (χ2n) is 9.14. The lowest BCUT2D eigenvalue weighted by molar-refractivity contribution is -0.279. The third-order valence-electron chi connectivity index (χ3n) is 6.48. The summed E-state index contributed by atoms with van der Waals surface area (Å²) in [6.07, 6.45) is -14.1. The van der Waals surface area contributed by atoms with Crippen molar-refractivity contribution in [1.29, 1.82) is 0 Å². The number of benzene rings is 1. The van der Waals surface area contributed by atoms with E-state index in [0.717, 1.165) is 18.9 Å². The maximum atomic E-state index is 10.6. The maximum absolute atomic E-state index is 10.6. The van der Waals surface area contributed by atoms with Gasteiger partial charge in [-0.05, 0) is 12.8 Å². The Kier molecular flexibility index (Phi) is 10.2. The fourth-order valence-electron chi connectivity index (χ4n) is 4.28. The molecule has 2 fully saturated rings. The zero-order valence-electron chi connectivity index (χ0n) is 20.2. The Morgan fingerprint density at radius 2 is 1.11 bits per heavy atom. The molecule has 212 valence electrons. The van der Waals surface area contributed by atoms with E-state index in [2.05, 4.69) is 0 Å². The molecule has 0 amide bonds. The average molecular weight is 537 g/mol. The van der Waals surface area contributed by atoms with Crippen molar-refractivity contribution in [2.24, 2.45) is 0 Å². The number of phenolic OH excluding ortho intramolecular Hbond substituents is 2. The van der Waals surface area contributed by atoms with E-state index in [1.54, 1.807) is 0 Å². The standard InChI is InChI=1S/C23H36O14/c1-2-3-4-5-9-20(36-22-18(32)16(30)14(28)12(7-24)34-22)10(26)6-11(27)21(9)37-23-19(33)17(31)15(29)13(8-25)35-23/h6,12-19,22-33H,2-5,7-8H2,1H3/t12-,13-,14-,15-,16+,17+,18-,19-,22-,23-/m1/s1. The number of unbranched alkanes of at least 4 members (excludes halogenated alkanes) is 2. The molecule has 37 heavy (non-hydrogen) atoms. The van der Waals surface area contributed by atoms with E-state index in [0.29, 0.717) is 6.42 Å². The van der Waals surface area contributed by atoms with Gasteiger partial charge in [-0.15, -0.1) is 0 Å². The lowest BCUT2D eigenvalue weighted by Gasteiger charge is -2.40. The van der Waals surface area contributed by atoms with E-state index in [9.17, 15) is 51.1 Å². The summed E-state index contributed by atoms with van der Waals surface area (Å²) in [6.45, 7) is 0.527. The van der Waals surface area contributed by atoms with Crippen molar-refractivity contribution in [2.45, 2.75) is 94.0 Å². The van der Waals surface area contributed by atoms with Gasteiger partial charge in [-0.2, -0.15) is 0 Å². The van der Waals surface area contributed by atoms with Crippen LogP contribution >= 0.6 is 0 Å². The van der Waals surface area contributed by atoms with Crippen LogP contribution in [0.1, 0.15) is 31.7 Å². The molecule has 10 atom stereocenters. The third-order valence-corrected chi connectivity index (χ3v) is 6.48. The second-order valence-corrected chi connectivity index (χ2v) is 9.14. The minimum atomic E-state index is -1.79. The predicted molar refractivity (Wildman–Crippen MR) is 122 cm³/mol. The Labute approximate surface area is 212 Å². The Morgan fingerprint density at radius 3 is 1.49 bits per heavy atom. The summed E-state index contributed by atoms with van der Waals surface area (Å²) < 4.78 is 22.1. The largest absolute Gasteiger partial charge is 0.504 e. The Hall–Kier alpha value is -1.98. The van der Waals surface area contributed by atoms with Gasteiger partial charge in [0.2, 0.25) is 12.6 Å². The molecule has 1 aromatic carbocycles. The zero-order chi connectivity index (χ0) is 27.4. The Bertz CT molecular complexity index is 817. The number of hydrogen-bond acceptors (Lipinski definition) is 14. The highest BCUT2D eigenvalue weighted by Crippen LogP contribution is 2.46. The van der Waals surface area contributed by atoms with Crippen molar-refractivity contribution >= 4 is 0 Å². The van der Waals surface area contributed by atoms with Gasteiger partial charge in [0, 0.05) is 11.6 Å². The van der Waals surface area contributed by atoms with Gasteiger partial charge in [-0.1, -0.05) is 19.8 Å². The van der Waals surface area contributed by atoms with Gasteiger partial charge >= 0.3 is 0 Å². The topological polar surface area (TPSA) is 239 Å². The number of aliphatic hydroxyl groups excluding tert-OH is 8. The summed E-state index contributed by atoms with van der Waals surface area (Å²) in [5.74, 6) is -1.83. The van der Waals surface area contributed by atoms with Crippen LogP contribution in [0.25, 0.3) is 0 Å². The van der Waals surface area contributed by atoms with Crippen molar-refractivity contribution in [3.8, 4) is 23.0 Å². The third kappa shape index (κ3) is 6.20. The second kappa shape index (κ2) is 12.7. The molecule has 0 saturated carbocycles. The van der Waals surface area contributed by atoms with Gasteiger partial charge in [0.1, 0.15) is 48.8 Å². The van der Waals surface area contributed by atoms with E-state index >= 15 is 0 Å². The molecule has 1 aromatic rings. The normalized spacial score (nSPS) is 36.4. The molecule has 2 aliphatic heterocycles. The van der Waals surface area contributed by atoms with Gasteiger partial charge in [-0.3, -0.25) is 0 Å². The molecule has 10 N–H and O–H groups in total. The van der Waals surface area contributed by atoms with Crippen LogP contribution in [0.5, 0.6) is 23.0 Å². The molecule has 0 bridgehead atoms. The maximum Gasteiger partial charge on any atom is 0.229 e. The van der Waals surface area contributed by atoms with E-state index < -0.39 is 86.1 Å². The summed E-state index contributed by atoms with van der Waals surface area (Å²) >= 11 is 0. The Balaban J connectivity index is 1.98. The number of aliphatic hydroxyl groups is 8. The molecule has 14 heteroatoms. The molecule has 0 unspecified atom stereocenters. The first kappa shape index (κ1) is 29.6. The van der Waals surface area contributed by atoms with Crippen molar-refractivity contribution in [3.05, 3.63) is 11.6 Å². The molecule has 0 radical (unpaired) electrons. The molecule has 0 aromatic heterocycles. The first-order chi connectivity index (χ1) is 17.5.